The monoisotopic (exact) mass is 298 g/mol. The van der Waals surface area contributed by atoms with Crippen LogP contribution in [0.1, 0.15) is 5.69 Å². The zero-order chi connectivity index (χ0) is 15.0. The summed E-state index contributed by atoms with van der Waals surface area (Å²) in [6.07, 6.45) is 0. The Morgan fingerprint density at radius 3 is 2.67 bits per heavy atom. The molecule has 2 N–H and O–H groups in total. The summed E-state index contributed by atoms with van der Waals surface area (Å²) in [4.78, 5) is 3.48. The second kappa shape index (κ2) is 4.97. The van der Waals surface area contributed by atoms with Crippen molar-refractivity contribution in [1.82, 2.24) is 4.98 Å². The summed E-state index contributed by atoms with van der Waals surface area (Å²) in [5.41, 5.74) is 3.51. The molecule has 0 radical (unpaired) electrons. The van der Waals surface area contributed by atoms with E-state index in [2.05, 4.69) is 9.71 Å². The van der Waals surface area contributed by atoms with Crippen molar-refractivity contribution in [1.29, 1.82) is 0 Å². The molecule has 0 aliphatic carbocycles. The summed E-state index contributed by atoms with van der Waals surface area (Å²) < 4.78 is 27.4. The maximum Gasteiger partial charge on any atom is 0.261 e. The zero-order valence-electron chi connectivity index (χ0n) is 11.8. The van der Waals surface area contributed by atoms with Gasteiger partial charge in [0.2, 0.25) is 0 Å². The number of sulfonamides is 1. The Morgan fingerprint density at radius 1 is 1.10 bits per heavy atom. The number of benzene rings is 2. The minimum Gasteiger partial charge on any atom is -0.359 e. The Labute approximate surface area is 124 Å². The zero-order valence-corrected chi connectivity index (χ0v) is 12.7. The molecule has 2 aromatic carbocycles. The quantitative estimate of drug-likeness (QED) is 0.720. The van der Waals surface area contributed by atoms with Crippen LogP contribution in [0.2, 0.25) is 0 Å². The summed E-state index contributed by atoms with van der Waals surface area (Å²) in [6.45, 7) is 1.97. The van der Waals surface area contributed by atoms with Gasteiger partial charge in [-0.25, -0.2) is 8.42 Å². The van der Waals surface area contributed by atoms with Crippen molar-refractivity contribution in [2.45, 2.75) is 11.8 Å². The molecule has 21 heavy (non-hydrogen) atoms. The van der Waals surface area contributed by atoms with Crippen LogP contribution in [0, 0.1) is 6.92 Å². The molecule has 0 bridgehead atoms. The maximum absolute atomic E-state index is 12.4. The fourth-order valence-electron chi connectivity index (χ4n) is 2.34. The van der Waals surface area contributed by atoms with Crippen LogP contribution in [-0.2, 0) is 10.0 Å². The second-order valence-electron chi connectivity index (χ2n) is 5.18. The largest absolute Gasteiger partial charge is 0.359 e. The molecule has 1 aromatic heterocycles. The third kappa shape index (κ3) is 2.80. The summed E-state index contributed by atoms with van der Waals surface area (Å²) >= 11 is 0. The minimum absolute atomic E-state index is 0.271. The lowest BCUT2D eigenvalue weighted by atomic mass is 9.97. The molecule has 0 saturated carbocycles. The molecule has 0 unspecified atom stereocenters. The molecule has 3 aromatic rings. The van der Waals surface area contributed by atoms with E-state index in [4.69, 9.17) is 0 Å². The van der Waals surface area contributed by atoms with Crippen molar-refractivity contribution in [2.75, 3.05) is 4.72 Å². The van der Waals surface area contributed by atoms with E-state index in [0.29, 0.717) is 5.69 Å². The van der Waals surface area contributed by atoms with Gasteiger partial charge < -0.3 is 4.98 Å². The Morgan fingerprint density at radius 2 is 1.90 bits per heavy atom. The molecule has 0 fully saturated rings. The molecule has 0 amide bonds. The normalized spacial score (nSPS) is 11.7. The highest BCUT2D eigenvalue weighted by Crippen LogP contribution is 2.22. The van der Waals surface area contributed by atoms with Crippen molar-refractivity contribution in [2.24, 2.45) is 0 Å². The lowest BCUT2D eigenvalue weighted by Crippen LogP contribution is -2.15. The number of aromatic nitrogens is 1. The molecule has 0 atom stereocenters. The number of rotatable bonds is 3. The van der Waals surface area contributed by atoms with Crippen LogP contribution in [0.5, 0.6) is 0 Å². The lowest BCUT2D eigenvalue weighted by Gasteiger charge is -2.08. The van der Waals surface area contributed by atoms with Gasteiger partial charge in [0.15, 0.2) is 0 Å². The van der Waals surface area contributed by atoms with E-state index in [1.54, 1.807) is 24.3 Å². The lowest BCUT2D eigenvalue weighted by molar-refractivity contribution is 0.601. The average Bonchev–Trinajstić information content (AvgIpc) is 2.77. The maximum atomic E-state index is 12.4. The first-order valence-electron chi connectivity index (χ1n) is 6.63. The van der Waals surface area contributed by atoms with Gasteiger partial charge in [-0.3, -0.25) is 4.72 Å². The van der Waals surface area contributed by atoms with Crippen LogP contribution in [0.15, 0.2) is 53.4 Å². The van der Waals surface area contributed by atoms with Gasteiger partial charge in [-0.1, -0.05) is 17.6 Å². The molecule has 1 heterocycles. The number of anilines is 1. The first-order valence-corrected chi connectivity index (χ1v) is 8.11. The van der Waals surface area contributed by atoms with Gasteiger partial charge in [0.25, 0.3) is 10.0 Å². The second-order valence-corrected chi connectivity index (χ2v) is 6.86. The van der Waals surface area contributed by atoms with E-state index in [1.165, 1.54) is 0 Å². The van der Waals surface area contributed by atoms with Gasteiger partial charge in [0.1, 0.15) is 7.85 Å². The van der Waals surface area contributed by atoms with Gasteiger partial charge in [0, 0.05) is 22.3 Å². The number of fused-ring (bicyclic) bond motifs is 1. The minimum atomic E-state index is -3.56. The van der Waals surface area contributed by atoms with Crippen LogP contribution in [0.3, 0.4) is 0 Å². The molecule has 0 aliphatic rings. The van der Waals surface area contributed by atoms with E-state index >= 15 is 0 Å². The number of aryl methyl sites for hydroxylation is 1. The number of hydrogen-bond acceptors (Lipinski definition) is 2. The molecule has 0 spiro atoms. The van der Waals surface area contributed by atoms with Crippen molar-refractivity contribution in [3.05, 3.63) is 54.2 Å². The van der Waals surface area contributed by atoms with E-state index < -0.39 is 10.0 Å². The van der Waals surface area contributed by atoms with Crippen LogP contribution >= 0.6 is 0 Å². The smallest absolute Gasteiger partial charge is 0.261 e. The average molecular weight is 298 g/mol. The fraction of sp³-hybridized carbons (Fsp3) is 0.0667. The molecule has 4 nitrogen and oxygen atoms in total. The van der Waals surface area contributed by atoms with E-state index in [-0.39, 0.29) is 4.90 Å². The van der Waals surface area contributed by atoms with Crippen molar-refractivity contribution >= 4 is 39.9 Å². The Bertz CT molecular complexity index is 916. The third-order valence-corrected chi connectivity index (χ3v) is 4.69. The van der Waals surface area contributed by atoms with Crippen LogP contribution in [-0.4, -0.2) is 21.2 Å². The van der Waals surface area contributed by atoms with Crippen molar-refractivity contribution in [3.63, 3.8) is 0 Å². The summed E-state index contributed by atoms with van der Waals surface area (Å²) in [5, 5.41) is 0.983. The van der Waals surface area contributed by atoms with Crippen LogP contribution < -0.4 is 10.2 Å². The van der Waals surface area contributed by atoms with Crippen molar-refractivity contribution < 1.29 is 8.42 Å². The summed E-state index contributed by atoms with van der Waals surface area (Å²) in [6, 6.07) is 14.3. The van der Waals surface area contributed by atoms with Gasteiger partial charge in [0.05, 0.1) is 4.90 Å². The number of H-pyrrole nitrogens is 1. The fourth-order valence-corrected chi connectivity index (χ4v) is 3.49. The predicted octanol–water partition coefficient (Wildman–Crippen LogP) is 1.54. The SMILES string of the molecule is Bc1cccc(S(=O)(=O)Nc2ccc3[nH]c(C)cc3c2)c1. The molecule has 6 heteroatoms. The number of aromatic amines is 1. The number of hydrogen-bond donors (Lipinski definition) is 2. The summed E-state index contributed by atoms with van der Waals surface area (Å²) in [5.74, 6) is 0. The third-order valence-electron chi connectivity index (χ3n) is 3.31. The molecule has 3 rings (SSSR count). The van der Waals surface area contributed by atoms with Gasteiger partial charge in [-0.2, -0.15) is 0 Å². The first-order chi connectivity index (χ1) is 9.94. The number of nitrogens with one attached hydrogen (secondary N) is 2. The Balaban J connectivity index is 1.96. The van der Waals surface area contributed by atoms with E-state index in [1.807, 2.05) is 39.0 Å². The van der Waals surface area contributed by atoms with Gasteiger partial charge in [-0.15, -0.1) is 0 Å². The topological polar surface area (TPSA) is 62.0 Å². The van der Waals surface area contributed by atoms with E-state index in [9.17, 15) is 8.42 Å². The highest BCUT2D eigenvalue weighted by Gasteiger charge is 2.14. The van der Waals surface area contributed by atoms with Crippen LogP contribution in [0.4, 0.5) is 5.69 Å². The molecular formula is C15H15BN2O2S. The molecule has 0 saturated heterocycles. The molecular weight excluding hydrogens is 283 g/mol. The van der Waals surface area contributed by atoms with Gasteiger partial charge in [-0.05, 0) is 43.3 Å². The highest BCUT2D eigenvalue weighted by atomic mass is 32.2. The molecule has 106 valence electrons. The Kier molecular flexibility index (Phi) is 3.25. The van der Waals surface area contributed by atoms with Crippen molar-refractivity contribution in [3.8, 4) is 0 Å². The van der Waals surface area contributed by atoms with Gasteiger partial charge >= 0.3 is 0 Å². The van der Waals surface area contributed by atoms with E-state index in [0.717, 1.165) is 22.1 Å². The predicted molar refractivity (Wildman–Crippen MR) is 88.5 cm³/mol. The first kappa shape index (κ1) is 13.8. The molecule has 0 aliphatic heterocycles. The highest BCUT2D eigenvalue weighted by molar-refractivity contribution is 7.92. The standard InChI is InChI=1S/C15H15BN2O2S/c1-10-7-11-8-13(5-6-15(11)17-10)18-21(19,20)14-4-2-3-12(16)9-14/h2-9,17-18H,16H2,1H3. The van der Waals surface area contributed by atoms with Crippen LogP contribution in [0.25, 0.3) is 10.9 Å². The summed E-state index contributed by atoms with van der Waals surface area (Å²) in [7, 11) is -1.69. The Hall–Kier alpha value is -2.21.